The van der Waals surface area contributed by atoms with E-state index in [9.17, 15) is 9.59 Å². The van der Waals surface area contributed by atoms with E-state index in [0.29, 0.717) is 24.7 Å². The lowest BCUT2D eigenvalue weighted by Gasteiger charge is -2.44. The van der Waals surface area contributed by atoms with Gasteiger partial charge in [0, 0.05) is 18.5 Å². The molecule has 2 aliphatic rings. The van der Waals surface area contributed by atoms with Crippen LogP contribution in [0.25, 0.3) is 0 Å². The molecule has 2 fully saturated rings. The van der Waals surface area contributed by atoms with E-state index in [0.717, 1.165) is 31.2 Å². The van der Waals surface area contributed by atoms with Crippen LogP contribution in [0.3, 0.4) is 0 Å². The maximum absolute atomic E-state index is 12.3. The minimum absolute atomic E-state index is 0.0817. The number of carbonyl (C=O) groups is 2. The van der Waals surface area contributed by atoms with Gasteiger partial charge >= 0.3 is 0 Å². The molecular formula is C20H28N2O2. The van der Waals surface area contributed by atoms with Crippen LogP contribution in [0.4, 0.5) is 0 Å². The molecule has 1 heterocycles. The molecule has 0 radical (unpaired) electrons. The Morgan fingerprint density at radius 1 is 1.33 bits per heavy atom. The van der Waals surface area contributed by atoms with E-state index >= 15 is 0 Å². The van der Waals surface area contributed by atoms with E-state index in [2.05, 4.69) is 23.6 Å². The number of aryl methyl sites for hydroxylation is 1. The van der Waals surface area contributed by atoms with Crippen LogP contribution in [-0.2, 0) is 16.0 Å². The van der Waals surface area contributed by atoms with Crippen molar-refractivity contribution < 1.29 is 9.59 Å². The fourth-order valence-corrected chi connectivity index (χ4v) is 4.44. The van der Waals surface area contributed by atoms with E-state index in [-0.39, 0.29) is 23.9 Å². The van der Waals surface area contributed by atoms with Gasteiger partial charge in [-0.1, -0.05) is 43.2 Å². The van der Waals surface area contributed by atoms with Gasteiger partial charge in [-0.3, -0.25) is 9.59 Å². The maximum atomic E-state index is 12.3. The van der Waals surface area contributed by atoms with E-state index in [4.69, 9.17) is 0 Å². The third-order valence-electron chi connectivity index (χ3n) is 5.64. The van der Waals surface area contributed by atoms with Crippen molar-refractivity contribution in [2.45, 2.75) is 64.5 Å². The first-order chi connectivity index (χ1) is 11.5. The Bertz CT molecular complexity index is 613. The lowest BCUT2D eigenvalue weighted by Crippen LogP contribution is -2.55. The largest absolute Gasteiger partial charge is 0.353 e. The molecule has 0 bridgehead atoms. The second kappa shape index (κ2) is 7.37. The zero-order chi connectivity index (χ0) is 17.1. The quantitative estimate of drug-likeness (QED) is 0.893. The number of amides is 2. The minimum Gasteiger partial charge on any atom is -0.353 e. The number of hydrogen-bond acceptors (Lipinski definition) is 2. The molecule has 1 saturated heterocycles. The number of carbonyl (C=O) groups excluding carboxylic acids is 2. The maximum Gasteiger partial charge on any atom is 0.224 e. The standard InChI is InChI=1S/C20H28N2O2/c1-3-15-11-20(24)22-18-12-16(7-8-17(15)18)21-19(23)10-14-6-4-5-13(2)9-14/h4-6,9,15-18H,3,7-8,10-12H2,1-2H3,(H,21,23)(H,22,24). The molecule has 1 aromatic rings. The number of rotatable bonds is 4. The number of piperidine rings is 1. The zero-order valence-corrected chi connectivity index (χ0v) is 14.7. The average molecular weight is 328 g/mol. The Balaban J connectivity index is 1.55. The molecule has 0 spiro atoms. The molecule has 130 valence electrons. The van der Waals surface area contributed by atoms with E-state index in [1.54, 1.807) is 0 Å². The lowest BCUT2D eigenvalue weighted by molar-refractivity contribution is -0.127. The molecule has 0 aromatic heterocycles. The van der Waals surface area contributed by atoms with Crippen LogP contribution >= 0.6 is 0 Å². The van der Waals surface area contributed by atoms with Crippen LogP contribution in [0, 0.1) is 18.8 Å². The van der Waals surface area contributed by atoms with E-state index < -0.39 is 0 Å². The van der Waals surface area contributed by atoms with Gasteiger partial charge in [0.2, 0.25) is 11.8 Å². The van der Waals surface area contributed by atoms with Gasteiger partial charge in [-0.2, -0.15) is 0 Å². The number of fused-ring (bicyclic) bond motifs is 1. The van der Waals surface area contributed by atoms with E-state index in [1.165, 1.54) is 5.56 Å². The molecule has 4 nitrogen and oxygen atoms in total. The third-order valence-corrected chi connectivity index (χ3v) is 5.64. The molecule has 1 saturated carbocycles. The topological polar surface area (TPSA) is 58.2 Å². The highest BCUT2D eigenvalue weighted by atomic mass is 16.2. The molecule has 2 N–H and O–H groups in total. The number of benzene rings is 1. The Hall–Kier alpha value is -1.84. The van der Waals surface area contributed by atoms with Crippen LogP contribution < -0.4 is 10.6 Å². The van der Waals surface area contributed by atoms with Crippen LogP contribution in [0.5, 0.6) is 0 Å². The molecule has 4 unspecified atom stereocenters. The minimum atomic E-state index is 0.0817. The molecule has 2 amide bonds. The van der Waals surface area contributed by atoms with Gasteiger partial charge in [-0.15, -0.1) is 0 Å². The number of hydrogen-bond donors (Lipinski definition) is 2. The summed E-state index contributed by atoms with van der Waals surface area (Å²) in [5.74, 6) is 1.35. The number of nitrogens with one attached hydrogen (secondary N) is 2. The first-order valence-corrected chi connectivity index (χ1v) is 9.19. The highest BCUT2D eigenvalue weighted by Gasteiger charge is 2.40. The van der Waals surface area contributed by atoms with Crippen LogP contribution in [-0.4, -0.2) is 23.9 Å². The summed E-state index contributed by atoms with van der Waals surface area (Å²) in [5.41, 5.74) is 2.23. The normalized spacial score (nSPS) is 29.5. The molecule has 1 aliphatic heterocycles. The molecule has 1 aliphatic carbocycles. The van der Waals surface area contributed by atoms with Crippen molar-refractivity contribution in [2.75, 3.05) is 0 Å². The third kappa shape index (κ3) is 3.97. The summed E-state index contributed by atoms with van der Waals surface area (Å²) in [4.78, 5) is 24.2. The highest BCUT2D eigenvalue weighted by molar-refractivity contribution is 5.79. The van der Waals surface area contributed by atoms with E-state index in [1.807, 2.05) is 25.1 Å². The molecule has 24 heavy (non-hydrogen) atoms. The average Bonchev–Trinajstić information content (AvgIpc) is 2.53. The summed E-state index contributed by atoms with van der Waals surface area (Å²) < 4.78 is 0. The van der Waals surface area contributed by atoms with Gasteiger partial charge in [0.1, 0.15) is 0 Å². The summed E-state index contributed by atoms with van der Waals surface area (Å²) >= 11 is 0. The van der Waals surface area contributed by atoms with Crippen molar-refractivity contribution in [3.63, 3.8) is 0 Å². The fourth-order valence-electron chi connectivity index (χ4n) is 4.44. The van der Waals surface area contributed by atoms with Gasteiger partial charge in [0.15, 0.2) is 0 Å². The van der Waals surface area contributed by atoms with Gasteiger partial charge < -0.3 is 10.6 Å². The van der Waals surface area contributed by atoms with Crippen molar-refractivity contribution in [3.05, 3.63) is 35.4 Å². The van der Waals surface area contributed by atoms with Crippen LogP contribution in [0.15, 0.2) is 24.3 Å². The van der Waals surface area contributed by atoms with Crippen molar-refractivity contribution in [2.24, 2.45) is 11.8 Å². The second-order valence-corrected chi connectivity index (χ2v) is 7.45. The van der Waals surface area contributed by atoms with Crippen molar-refractivity contribution in [1.82, 2.24) is 10.6 Å². The fraction of sp³-hybridized carbons (Fsp3) is 0.600. The molecule has 3 rings (SSSR count). The Morgan fingerprint density at radius 3 is 2.92 bits per heavy atom. The molecule has 4 atom stereocenters. The molecule has 1 aromatic carbocycles. The summed E-state index contributed by atoms with van der Waals surface area (Å²) in [6.45, 7) is 4.22. The second-order valence-electron chi connectivity index (χ2n) is 7.45. The van der Waals surface area contributed by atoms with Crippen molar-refractivity contribution >= 4 is 11.8 Å². The molecular weight excluding hydrogens is 300 g/mol. The van der Waals surface area contributed by atoms with Crippen molar-refractivity contribution in [1.29, 1.82) is 0 Å². The smallest absolute Gasteiger partial charge is 0.224 e. The summed E-state index contributed by atoms with van der Waals surface area (Å²) in [7, 11) is 0. The zero-order valence-electron chi connectivity index (χ0n) is 14.7. The molecule has 4 heteroatoms. The van der Waals surface area contributed by atoms with Crippen molar-refractivity contribution in [3.8, 4) is 0 Å². The monoisotopic (exact) mass is 328 g/mol. The lowest BCUT2D eigenvalue weighted by atomic mass is 9.70. The van der Waals surface area contributed by atoms with Gasteiger partial charge in [-0.05, 0) is 43.6 Å². The summed E-state index contributed by atoms with van der Waals surface area (Å²) in [5, 5.41) is 6.33. The first kappa shape index (κ1) is 17.0. The SMILES string of the molecule is CCC1CC(=O)NC2CC(NC(=O)Cc3cccc(C)c3)CCC12. The van der Waals surface area contributed by atoms with Gasteiger partial charge in [-0.25, -0.2) is 0 Å². The van der Waals surface area contributed by atoms with Crippen LogP contribution in [0.1, 0.15) is 50.2 Å². The predicted octanol–water partition coefficient (Wildman–Crippen LogP) is 2.74. The highest BCUT2D eigenvalue weighted by Crippen LogP contribution is 2.36. The Kier molecular flexibility index (Phi) is 5.22. The first-order valence-electron chi connectivity index (χ1n) is 9.19. The summed E-state index contributed by atoms with van der Waals surface area (Å²) in [6, 6.07) is 8.50. The van der Waals surface area contributed by atoms with Gasteiger partial charge in [0.05, 0.1) is 6.42 Å². The summed E-state index contributed by atoms with van der Waals surface area (Å²) in [6.07, 6.45) is 5.15. The van der Waals surface area contributed by atoms with Crippen LogP contribution in [0.2, 0.25) is 0 Å². The Labute approximate surface area is 144 Å². The van der Waals surface area contributed by atoms with Gasteiger partial charge in [0.25, 0.3) is 0 Å². The Morgan fingerprint density at radius 2 is 2.17 bits per heavy atom. The predicted molar refractivity (Wildman–Crippen MR) is 94.5 cm³/mol.